The number of hydrogen-bond donors (Lipinski definition) is 0. The van der Waals surface area contributed by atoms with Gasteiger partial charge in [0.15, 0.2) is 0 Å². The number of carbonyl (C=O) groups excluding carboxylic acids is 1. The number of benzene rings is 2. The summed E-state index contributed by atoms with van der Waals surface area (Å²) in [6.07, 6.45) is 1.10. The standard InChI is InChI=1S/C20H22N2O2/c1-24-19-9-5-4-8-17(19)20(23)22-13-12-21-11-10-15-6-2-3-7-16(15)18(21)14-22/h2-9,18H,10-14H2,1H3. The molecule has 2 aromatic carbocycles. The number of piperazine rings is 1. The Kier molecular flexibility index (Phi) is 3.98. The van der Waals surface area contributed by atoms with Crippen LogP contribution in [0.1, 0.15) is 27.5 Å². The monoisotopic (exact) mass is 322 g/mol. The topological polar surface area (TPSA) is 32.8 Å². The highest BCUT2D eigenvalue weighted by atomic mass is 16.5. The van der Waals surface area contributed by atoms with Crippen LogP contribution in [0, 0.1) is 0 Å². The number of para-hydroxylation sites is 1. The fourth-order valence-electron chi connectivity index (χ4n) is 3.91. The maximum atomic E-state index is 13.0. The molecular weight excluding hydrogens is 300 g/mol. The molecule has 0 radical (unpaired) electrons. The summed E-state index contributed by atoms with van der Waals surface area (Å²) in [4.78, 5) is 17.5. The molecule has 0 bridgehead atoms. The lowest BCUT2D eigenvalue weighted by Gasteiger charge is -2.45. The largest absolute Gasteiger partial charge is 0.496 e. The summed E-state index contributed by atoms with van der Waals surface area (Å²) in [6, 6.07) is 16.4. The zero-order chi connectivity index (χ0) is 16.5. The number of amides is 1. The van der Waals surface area contributed by atoms with Crippen LogP contribution in [0.25, 0.3) is 0 Å². The average Bonchev–Trinajstić information content (AvgIpc) is 2.66. The van der Waals surface area contributed by atoms with Crippen LogP contribution in [0.15, 0.2) is 48.5 Å². The van der Waals surface area contributed by atoms with Gasteiger partial charge in [-0.15, -0.1) is 0 Å². The molecule has 0 spiro atoms. The van der Waals surface area contributed by atoms with Gasteiger partial charge in [-0.1, -0.05) is 36.4 Å². The number of ether oxygens (including phenoxy) is 1. The van der Waals surface area contributed by atoms with Gasteiger partial charge in [0.05, 0.1) is 18.7 Å². The Morgan fingerprint density at radius 2 is 1.83 bits per heavy atom. The smallest absolute Gasteiger partial charge is 0.257 e. The van der Waals surface area contributed by atoms with Gasteiger partial charge in [-0.25, -0.2) is 0 Å². The Hall–Kier alpha value is -2.33. The molecule has 2 aromatic rings. The van der Waals surface area contributed by atoms with E-state index >= 15 is 0 Å². The minimum atomic E-state index is 0.0650. The molecule has 2 aliphatic rings. The Labute approximate surface area is 142 Å². The number of hydrogen-bond acceptors (Lipinski definition) is 3. The van der Waals surface area contributed by atoms with Crippen molar-refractivity contribution in [1.82, 2.24) is 9.80 Å². The van der Waals surface area contributed by atoms with Crippen molar-refractivity contribution in [2.75, 3.05) is 33.3 Å². The lowest BCUT2D eigenvalue weighted by Crippen LogP contribution is -2.52. The number of fused-ring (bicyclic) bond motifs is 3. The second-order valence-corrected chi connectivity index (χ2v) is 6.45. The Morgan fingerprint density at radius 1 is 1.04 bits per heavy atom. The quantitative estimate of drug-likeness (QED) is 0.852. The SMILES string of the molecule is COc1ccccc1C(=O)N1CCN2CCc3ccccc3C2C1. The summed E-state index contributed by atoms with van der Waals surface area (Å²) in [7, 11) is 1.61. The molecule has 1 unspecified atom stereocenters. The van der Waals surface area contributed by atoms with Gasteiger partial charge < -0.3 is 9.64 Å². The van der Waals surface area contributed by atoms with Crippen LogP contribution in [0.5, 0.6) is 5.75 Å². The highest BCUT2D eigenvalue weighted by Crippen LogP contribution is 2.33. The van der Waals surface area contributed by atoms with Gasteiger partial charge in [0, 0.05) is 26.2 Å². The van der Waals surface area contributed by atoms with E-state index in [9.17, 15) is 4.79 Å². The van der Waals surface area contributed by atoms with E-state index in [1.165, 1.54) is 11.1 Å². The highest BCUT2D eigenvalue weighted by molar-refractivity contribution is 5.97. The van der Waals surface area contributed by atoms with Crippen LogP contribution in [0.2, 0.25) is 0 Å². The molecule has 4 rings (SSSR count). The zero-order valence-corrected chi connectivity index (χ0v) is 13.9. The summed E-state index contributed by atoms with van der Waals surface area (Å²) in [5.41, 5.74) is 3.45. The van der Waals surface area contributed by atoms with E-state index in [2.05, 4.69) is 29.2 Å². The molecule has 0 saturated carbocycles. The third-order valence-electron chi connectivity index (χ3n) is 5.20. The Bertz CT molecular complexity index is 759. The molecule has 4 heteroatoms. The maximum Gasteiger partial charge on any atom is 0.257 e. The number of carbonyl (C=O) groups is 1. The first-order chi connectivity index (χ1) is 11.8. The van der Waals surface area contributed by atoms with E-state index in [1.54, 1.807) is 7.11 Å². The van der Waals surface area contributed by atoms with Crippen LogP contribution in [-0.4, -0.2) is 49.0 Å². The average molecular weight is 322 g/mol. The molecule has 2 aliphatic heterocycles. The third kappa shape index (κ3) is 2.57. The Balaban J connectivity index is 1.60. The minimum Gasteiger partial charge on any atom is -0.496 e. The van der Waals surface area contributed by atoms with E-state index in [0.717, 1.165) is 32.6 Å². The van der Waals surface area contributed by atoms with E-state index in [1.807, 2.05) is 29.2 Å². The van der Waals surface area contributed by atoms with Gasteiger partial charge in [-0.2, -0.15) is 0 Å². The fraction of sp³-hybridized carbons (Fsp3) is 0.350. The molecule has 2 heterocycles. The van der Waals surface area contributed by atoms with E-state index < -0.39 is 0 Å². The van der Waals surface area contributed by atoms with Gasteiger partial charge >= 0.3 is 0 Å². The highest BCUT2D eigenvalue weighted by Gasteiger charge is 2.34. The van der Waals surface area contributed by atoms with Crippen LogP contribution >= 0.6 is 0 Å². The van der Waals surface area contributed by atoms with Gasteiger partial charge in [0.25, 0.3) is 5.91 Å². The molecule has 0 N–H and O–H groups in total. The first-order valence-corrected chi connectivity index (χ1v) is 8.52. The van der Waals surface area contributed by atoms with Crippen molar-refractivity contribution in [1.29, 1.82) is 0 Å². The van der Waals surface area contributed by atoms with Crippen molar-refractivity contribution >= 4 is 5.91 Å². The van der Waals surface area contributed by atoms with Crippen LogP contribution in [0.3, 0.4) is 0 Å². The van der Waals surface area contributed by atoms with Crippen molar-refractivity contribution in [2.24, 2.45) is 0 Å². The molecular formula is C20H22N2O2. The van der Waals surface area contributed by atoms with Crippen LogP contribution in [-0.2, 0) is 6.42 Å². The first kappa shape index (κ1) is 15.2. The summed E-state index contributed by atoms with van der Waals surface area (Å²) in [5.74, 6) is 0.712. The lowest BCUT2D eigenvalue weighted by atomic mass is 9.91. The molecule has 4 nitrogen and oxygen atoms in total. The van der Waals surface area contributed by atoms with E-state index in [-0.39, 0.29) is 5.91 Å². The predicted octanol–water partition coefficient (Wildman–Crippen LogP) is 2.75. The van der Waals surface area contributed by atoms with Crippen molar-refractivity contribution in [3.63, 3.8) is 0 Å². The van der Waals surface area contributed by atoms with Gasteiger partial charge in [0.1, 0.15) is 5.75 Å². The van der Waals surface area contributed by atoms with E-state index in [0.29, 0.717) is 17.4 Å². The molecule has 24 heavy (non-hydrogen) atoms. The number of rotatable bonds is 2. The third-order valence-corrected chi connectivity index (χ3v) is 5.20. The van der Waals surface area contributed by atoms with Crippen molar-refractivity contribution in [2.45, 2.75) is 12.5 Å². The van der Waals surface area contributed by atoms with Crippen molar-refractivity contribution in [3.05, 3.63) is 65.2 Å². The maximum absolute atomic E-state index is 13.0. The first-order valence-electron chi connectivity index (χ1n) is 8.52. The van der Waals surface area contributed by atoms with Crippen LogP contribution < -0.4 is 4.74 Å². The second-order valence-electron chi connectivity index (χ2n) is 6.45. The van der Waals surface area contributed by atoms with Crippen molar-refractivity contribution < 1.29 is 9.53 Å². The normalized spacial score (nSPS) is 20.2. The fourth-order valence-corrected chi connectivity index (χ4v) is 3.91. The molecule has 0 aromatic heterocycles. The minimum absolute atomic E-state index is 0.0650. The van der Waals surface area contributed by atoms with Crippen LogP contribution in [0.4, 0.5) is 0 Å². The van der Waals surface area contributed by atoms with Gasteiger partial charge in [0.2, 0.25) is 0 Å². The lowest BCUT2D eigenvalue weighted by molar-refractivity contribution is 0.0451. The zero-order valence-electron chi connectivity index (χ0n) is 13.9. The summed E-state index contributed by atoms with van der Waals surface area (Å²) < 4.78 is 5.36. The van der Waals surface area contributed by atoms with Gasteiger partial charge in [-0.05, 0) is 29.7 Å². The second kappa shape index (κ2) is 6.29. The summed E-state index contributed by atoms with van der Waals surface area (Å²) in [6.45, 7) is 3.53. The number of methoxy groups -OCH3 is 1. The summed E-state index contributed by atoms with van der Waals surface area (Å²) in [5, 5.41) is 0. The molecule has 0 aliphatic carbocycles. The van der Waals surface area contributed by atoms with E-state index in [4.69, 9.17) is 4.74 Å². The molecule has 1 saturated heterocycles. The predicted molar refractivity (Wildman–Crippen MR) is 93.4 cm³/mol. The summed E-state index contributed by atoms with van der Waals surface area (Å²) >= 11 is 0. The van der Waals surface area contributed by atoms with Crippen molar-refractivity contribution in [3.8, 4) is 5.75 Å². The molecule has 1 atom stereocenters. The molecule has 1 fully saturated rings. The Morgan fingerprint density at radius 3 is 2.71 bits per heavy atom. The van der Waals surface area contributed by atoms with Gasteiger partial charge in [-0.3, -0.25) is 9.69 Å². The number of nitrogens with zero attached hydrogens (tertiary/aromatic N) is 2. The molecule has 1 amide bonds. The molecule has 124 valence electrons.